The SMILES string of the molecule is [C-]#[N+]c1c(S(=O)(=O)c2ccc(C(C)(C)C)cc2)nnn1-c1cc(C)ccc1OC. The Bertz CT molecular complexity index is 1200. The number of ether oxygens (including phenoxy) is 1. The highest BCUT2D eigenvalue weighted by Crippen LogP contribution is 2.34. The maximum atomic E-state index is 13.2. The Hall–Kier alpha value is -3.18. The van der Waals surface area contributed by atoms with Gasteiger partial charge in [0.1, 0.15) is 0 Å². The van der Waals surface area contributed by atoms with Crippen LogP contribution in [0.5, 0.6) is 5.75 Å². The highest BCUT2D eigenvalue weighted by Gasteiger charge is 2.30. The summed E-state index contributed by atoms with van der Waals surface area (Å²) in [5.74, 6) is 0.276. The smallest absolute Gasteiger partial charge is 0.297 e. The van der Waals surface area contributed by atoms with Gasteiger partial charge < -0.3 is 9.58 Å². The molecule has 7 nitrogen and oxygen atoms in total. The van der Waals surface area contributed by atoms with Gasteiger partial charge in [-0.15, -0.1) is 9.78 Å². The van der Waals surface area contributed by atoms with Crippen LogP contribution in [0.25, 0.3) is 10.5 Å². The van der Waals surface area contributed by atoms with Crippen LogP contribution in [-0.4, -0.2) is 30.5 Å². The lowest BCUT2D eigenvalue weighted by molar-refractivity contribution is 0.411. The van der Waals surface area contributed by atoms with Crippen LogP contribution in [-0.2, 0) is 15.3 Å². The number of hydrogen-bond donors (Lipinski definition) is 0. The van der Waals surface area contributed by atoms with E-state index in [1.165, 1.54) is 23.9 Å². The lowest BCUT2D eigenvalue weighted by Crippen LogP contribution is -2.11. The maximum Gasteiger partial charge on any atom is 0.297 e. The van der Waals surface area contributed by atoms with E-state index in [4.69, 9.17) is 11.3 Å². The number of benzene rings is 2. The summed E-state index contributed by atoms with van der Waals surface area (Å²) in [5, 5.41) is 7.42. The molecule has 0 atom stereocenters. The molecule has 0 fully saturated rings. The van der Waals surface area contributed by atoms with Gasteiger partial charge in [0.05, 0.1) is 12.0 Å². The predicted octanol–water partition coefficient (Wildman–Crippen LogP) is 4.27. The molecule has 2 aromatic carbocycles. The van der Waals surface area contributed by atoms with Crippen molar-refractivity contribution in [3.05, 3.63) is 65.0 Å². The second-order valence-corrected chi connectivity index (χ2v) is 9.56. The number of hydrogen-bond acceptors (Lipinski definition) is 5. The van der Waals surface area contributed by atoms with Gasteiger partial charge in [-0.05, 0) is 47.7 Å². The van der Waals surface area contributed by atoms with Gasteiger partial charge in [0.25, 0.3) is 5.82 Å². The summed E-state index contributed by atoms with van der Waals surface area (Å²) in [6, 6.07) is 12.0. The topological polar surface area (TPSA) is 78.4 Å². The molecule has 150 valence electrons. The van der Waals surface area contributed by atoms with Gasteiger partial charge in [-0.25, -0.2) is 8.42 Å². The van der Waals surface area contributed by atoms with Crippen molar-refractivity contribution in [1.29, 1.82) is 0 Å². The minimum atomic E-state index is -4.01. The number of aromatic nitrogens is 3. The first-order valence-corrected chi connectivity index (χ1v) is 10.4. The average Bonchev–Trinajstić information content (AvgIpc) is 3.12. The molecule has 0 aliphatic rings. The van der Waals surface area contributed by atoms with E-state index >= 15 is 0 Å². The molecule has 0 N–H and O–H groups in total. The Morgan fingerprint density at radius 3 is 2.31 bits per heavy atom. The molecular weight excluding hydrogens is 388 g/mol. The molecule has 0 radical (unpaired) electrons. The molecule has 0 aliphatic carbocycles. The van der Waals surface area contributed by atoms with Crippen molar-refractivity contribution in [3.8, 4) is 11.4 Å². The summed E-state index contributed by atoms with van der Waals surface area (Å²) < 4.78 is 32.8. The number of nitrogens with zero attached hydrogens (tertiary/aromatic N) is 4. The summed E-state index contributed by atoms with van der Waals surface area (Å²) in [4.78, 5) is 3.48. The van der Waals surface area contributed by atoms with Crippen LogP contribution in [0.2, 0.25) is 0 Å². The largest absolute Gasteiger partial charge is 0.492 e. The van der Waals surface area contributed by atoms with Crippen LogP contribution in [0.4, 0.5) is 5.82 Å². The van der Waals surface area contributed by atoms with Gasteiger partial charge >= 0.3 is 0 Å². The number of aryl methyl sites for hydroxylation is 1. The molecule has 0 saturated carbocycles. The van der Waals surface area contributed by atoms with Crippen molar-refractivity contribution in [3.63, 3.8) is 0 Å². The van der Waals surface area contributed by atoms with Gasteiger partial charge in [0.2, 0.25) is 14.9 Å². The molecule has 0 amide bonds. The number of methoxy groups -OCH3 is 1. The molecular formula is C21H22N4O3S. The van der Waals surface area contributed by atoms with Crippen molar-refractivity contribution in [2.75, 3.05) is 7.11 Å². The standard InChI is InChI=1S/C21H22N4O3S/c1-14-7-12-18(28-6)17(13-14)25-19(22-5)20(23-24-25)29(26,27)16-10-8-15(9-11-16)21(2,3)4/h7-13H,1-4,6H3. The fraction of sp³-hybridized carbons (Fsp3) is 0.286. The highest BCUT2D eigenvalue weighted by atomic mass is 32.2. The zero-order valence-corrected chi connectivity index (χ0v) is 17.8. The van der Waals surface area contributed by atoms with Crippen molar-refractivity contribution >= 4 is 15.7 Å². The number of rotatable bonds is 4. The minimum absolute atomic E-state index is 0.0682. The van der Waals surface area contributed by atoms with Gasteiger partial charge in [-0.3, -0.25) is 0 Å². The molecule has 0 saturated heterocycles. The lowest BCUT2D eigenvalue weighted by Gasteiger charge is -2.19. The van der Waals surface area contributed by atoms with E-state index in [0.717, 1.165) is 11.1 Å². The van der Waals surface area contributed by atoms with E-state index in [1.54, 1.807) is 24.3 Å². The first-order chi connectivity index (χ1) is 13.6. The van der Waals surface area contributed by atoms with E-state index in [-0.39, 0.29) is 21.2 Å². The van der Waals surface area contributed by atoms with E-state index in [1.807, 2.05) is 13.0 Å². The highest BCUT2D eigenvalue weighted by molar-refractivity contribution is 7.91. The molecule has 0 unspecified atom stereocenters. The zero-order chi connectivity index (χ0) is 21.4. The van der Waals surface area contributed by atoms with E-state index in [2.05, 4.69) is 35.9 Å². The molecule has 29 heavy (non-hydrogen) atoms. The Labute approximate surface area is 170 Å². The van der Waals surface area contributed by atoms with Gasteiger partial charge in [0, 0.05) is 5.21 Å². The summed E-state index contributed by atoms with van der Waals surface area (Å²) in [6.45, 7) is 15.6. The molecule has 3 rings (SSSR count). The van der Waals surface area contributed by atoms with Crippen molar-refractivity contribution in [1.82, 2.24) is 15.0 Å². The normalized spacial score (nSPS) is 11.9. The van der Waals surface area contributed by atoms with E-state index in [9.17, 15) is 8.42 Å². The van der Waals surface area contributed by atoms with Gasteiger partial charge in [0.15, 0.2) is 11.4 Å². The molecule has 8 heteroatoms. The molecule has 0 aliphatic heterocycles. The van der Waals surface area contributed by atoms with Crippen LogP contribution in [0.1, 0.15) is 31.9 Å². The predicted molar refractivity (Wildman–Crippen MR) is 110 cm³/mol. The van der Waals surface area contributed by atoms with Gasteiger partial charge in [-0.1, -0.05) is 45.5 Å². The number of sulfone groups is 1. The third-order valence-corrected chi connectivity index (χ3v) is 6.24. The third-order valence-electron chi connectivity index (χ3n) is 4.57. The fourth-order valence-electron chi connectivity index (χ4n) is 2.91. The summed E-state index contributed by atoms with van der Waals surface area (Å²) >= 11 is 0. The quantitative estimate of drug-likeness (QED) is 0.601. The minimum Gasteiger partial charge on any atom is -0.492 e. The third kappa shape index (κ3) is 3.74. The fourth-order valence-corrected chi connectivity index (χ4v) is 4.14. The van der Waals surface area contributed by atoms with Gasteiger partial charge in [-0.2, -0.15) is 0 Å². The van der Waals surface area contributed by atoms with Crippen molar-refractivity contribution in [2.45, 2.75) is 43.0 Å². The molecule has 0 spiro atoms. The molecule has 1 heterocycles. The zero-order valence-electron chi connectivity index (χ0n) is 17.0. The van der Waals surface area contributed by atoms with Crippen LogP contribution < -0.4 is 4.74 Å². The molecule has 1 aromatic heterocycles. The van der Waals surface area contributed by atoms with E-state index in [0.29, 0.717) is 11.4 Å². The first kappa shape index (κ1) is 20.6. The van der Waals surface area contributed by atoms with E-state index < -0.39 is 9.84 Å². The Balaban J connectivity index is 2.14. The monoisotopic (exact) mass is 410 g/mol. The van der Waals surface area contributed by atoms with Crippen molar-refractivity contribution in [2.24, 2.45) is 0 Å². The van der Waals surface area contributed by atoms with Crippen LogP contribution in [0.15, 0.2) is 52.4 Å². The Morgan fingerprint density at radius 1 is 1.10 bits per heavy atom. The second kappa shape index (κ2) is 7.33. The molecule has 3 aromatic rings. The Morgan fingerprint density at radius 2 is 1.76 bits per heavy atom. The average molecular weight is 410 g/mol. The molecule has 0 bridgehead atoms. The first-order valence-electron chi connectivity index (χ1n) is 8.93. The summed E-state index contributed by atoms with van der Waals surface area (Å²) in [6.07, 6.45) is 0. The van der Waals surface area contributed by atoms with Crippen LogP contribution in [0.3, 0.4) is 0 Å². The maximum absolute atomic E-state index is 13.2. The summed E-state index contributed by atoms with van der Waals surface area (Å²) in [7, 11) is -2.51. The van der Waals surface area contributed by atoms with Crippen LogP contribution in [0, 0.1) is 13.5 Å². The van der Waals surface area contributed by atoms with Crippen LogP contribution >= 0.6 is 0 Å². The van der Waals surface area contributed by atoms with Crippen molar-refractivity contribution < 1.29 is 13.2 Å². The Kier molecular flexibility index (Phi) is 5.20. The second-order valence-electron chi connectivity index (χ2n) is 7.69. The lowest BCUT2D eigenvalue weighted by atomic mass is 9.87. The summed E-state index contributed by atoms with van der Waals surface area (Å²) in [5.41, 5.74) is 2.27.